The summed E-state index contributed by atoms with van der Waals surface area (Å²) >= 11 is 12.2. The minimum Gasteiger partial charge on any atom is -0.393 e. The summed E-state index contributed by atoms with van der Waals surface area (Å²) in [5, 5.41) is 7.17. The van der Waals surface area contributed by atoms with Crippen LogP contribution in [0.25, 0.3) is 0 Å². The van der Waals surface area contributed by atoms with Gasteiger partial charge in [-0.05, 0) is 36.8 Å². The van der Waals surface area contributed by atoms with E-state index in [4.69, 9.17) is 28.9 Å². The second-order valence-electron chi connectivity index (χ2n) is 5.04. The summed E-state index contributed by atoms with van der Waals surface area (Å²) in [6, 6.07) is 9.16. The van der Waals surface area contributed by atoms with Gasteiger partial charge in [-0.25, -0.2) is 15.0 Å². The first kappa shape index (κ1) is 16.3. The van der Waals surface area contributed by atoms with Crippen LogP contribution in [0.3, 0.4) is 0 Å². The van der Waals surface area contributed by atoms with Crippen molar-refractivity contribution in [3.05, 3.63) is 58.6 Å². The predicted molar refractivity (Wildman–Crippen MR) is 98.4 cm³/mol. The summed E-state index contributed by atoms with van der Waals surface area (Å²) < 4.78 is 0. The van der Waals surface area contributed by atoms with Gasteiger partial charge in [-0.2, -0.15) is 0 Å². The van der Waals surface area contributed by atoms with Crippen molar-refractivity contribution in [1.82, 2.24) is 15.0 Å². The molecule has 24 heavy (non-hydrogen) atoms. The van der Waals surface area contributed by atoms with Gasteiger partial charge in [-0.15, -0.1) is 0 Å². The second-order valence-corrected chi connectivity index (χ2v) is 5.81. The third-order valence-corrected chi connectivity index (χ3v) is 4.04. The maximum absolute atomic E-state index is 6.15. The maximum Gasteiger partial charge on any atom is 0.159 e. The van der Waals surface area contributed by atoms with Gasteiger partial charge in [0, 0.05) is 16.9 Å². The van der Waals surface area contributed by atoms with Gasteiger partial charge in [0.05, 0.1) is 5.69 Å². The molecule has 0 saturated carbocycles. The first-order valence-electron chi connectivity index (χ1n) is 7.06. The lowest BCUT2D eigenvalue weighted by molar-refractivity contribution is 1.17. The van der Waals surface area contributed by atoms with E-state index in [1.807, 2.05) is 25.1 Å². The number of halogens is 2. The Hall–Kier alpha value is -2.57. The number of aromatic nitrogens is 3. The van der Waals surface area contributed by atoms with Crippen molar-refractivity contribution in [2.24, 2.45) is 0 Å². The Kier molecular flexibility index (Phi) is 4.69. The molecule has 0 saturated heterocycles. The largest absolute Gasteiger partial charge is 0.393 e. The highest BCUT2D eigenvalue weighted by molar-refractivity contribution is 6.32. The van der Waals surface area contributed by atoms with Crippen LogP contribution in [0.4, 0.5) is 28.7 Å². The third kappa shape index (κ3) is 3.50. The number of benzene rings is 1. The molecule has 122 valence electrons. The Bertz CT molecular complexity index is 884. The predicted octanol–water partition coefficient (Wildman–Crippen LogP) is 4.56. The fourth-order valence-electron chi connectivity index (χ4n) is 2.01. The van der Waals surface area contributed by atoms with E-state index in [0.717, 1.165) is 11.3 Å². The monoisotopic (exact) mass is 360 g/mol. The Balaban J connectivity index is 1.88. The lowest BCUT2D eigenvalue weighted by Gasteiger charge is -2.13. The molecule has 0 atom stereocenters. The summed E-state index contributed by atoms with van der Waals surface area (Å²) in [6.07, 6.45) is 3.01. The molecule has 0 unspecified atom stereocenters. The summed E-state index contributed by atoms with van der Waals surface area (Å²) in [7, 11) is 0. The quantitative estimate of drug-likeness (QED) is 0.591. The highest BCUT2D eigenvalue weighted by Crippen LogP contribution is 2.30. The highest BCUT2D eigenvalue weighted by atomic mass is 35.5. The molecule has 0 bridgehead atoms. The van der Waals surface area contributed by atoms with Gasteiger partial charge in [0.2, 0.25) is 0 Å². The molecule has 3 aromatic rings. The van der Waals surface area contributed by atoms with Gasteiger partial charge in [0.15, 0.2) is 16.8 Å². The number of pyridine rings is 1. The van der Waals surface area contributed by atoms with Crippen LogP contribution in [0.15, 0.2) is 42.9 Å². The number of nitrogens with one attached hydrogen (secondary N) is 2. The van der Waals surface area contributed by atoms with E-state index in [0.29, 0.717) is 33.2 Å². The van der Waals surface area contributed by atoms with Gasteiger partial charge < -0.3 is 16.4 Å². The van der Waals surface area contributed by atoms with Crippen LogP contribution in [0.2, 0.25) is 10.2 Å². The number of hydrogen-bond donors (Lipinski definition) is 3. The molecule has 0 spiro atoms. The van der Waals surface area contributed by atoms with E-state index in [1.165, 1.54) is 6.33 Å². The van der Waals surface area contributed by atoms with Gasteiger partial charge in [-0.3, -0.25) is 0 Å². The van der Waals surface area contributed by atoms with E-state index >= 15 is 0 Å². The van der Waals surface area contributed by atoms with Crippen LogP contribution in [0.5, 0.6) is 0 Å². The molecule has 0 aliphatic rings. The number of hydrogen-bond acceptors (Lipinski definition) is 6. The molecule has 0 amide bonds. The Labute approximate surface area is 149 Å². The summed E-state index contributed by atoms with van der Waals surface area (Å²) in [4.78, 5) is 12.3. The fourth-order valence-corrected chi connectivity index (χ4v) is 2.36. The Morgan fingerprint density at radius 3 is 2.46 bits per heavy atom. The second kappa shape index (κ2) is 6.90. The molecule has 0 fully saturated rings. The molecule has 1 aromatic carbocycles. The van der Waals surface area contributed by atoms with Crippen LogP contribution in [-0.4, -0.2) is 15.0 Å². The van der Waals surface area contributed by atoms with E-state index < -0.39 is 0 Å². The van der Waals surface area contributed by atoms with E-state index in [2.05, 4.69) is 25.6 Å². The van der Waals surface area contributed by atoms with E-state index in [9.17, 15) is 0 Å². The summed E-state index contributed by atoms with van der Waals surface area (Å²) in [5.74, 6) is 0.896. The number of rotatable bonds is 4. The van der Waals surface area contributed by atoms with Crippen LogP contribution in [-0.2, 0) is 0 Å². The third-order valence-electron chi connectivity index (χ3n) is 3.33. The van der Waals surface area contributed by atoms with Crippen LogP contribution >= 0.6 is 23.2 Å². The molecule has 2 aromatic heterocycles. The molecule has 3 rings (SSSR count). The minimum atomic E-state index is 0.329. The standard InChI is InChI=1S/C16H14Cl2N6/c1-9-4-5-10(7-11(9)17)23-15-13(19)16(22-8-21-15)24-12-3-2-6-20-14(12)18/h2-8H,19H2,1H3,(H2,21,22,23,24). The number of aryl methyl sites for hydroxylation is 1. The van der Waals surface area contributed by atoms with Crippen molar-refractivity contribution < 1.29 is 0 Å². The molecule has 8 heteroatoms. The Morgan fingerprint density at radius 2 is 1.75 bits per heavy atom. The lowest BCUT2D eigenvalue weighted by atomic mass is 10.2. The van der Waals surface area contributed by atoms with Crippen molar-refractivity contribution >= 4 is 51.9 Å². The number of nitrogens with zero attached hydrogens (tertiary/aromatic N) is 3. The zero-order chi connectivity index (χ0) is 17.1. The van der Waals surface area contributed by atoms with Gasteiger partial charge in [0.25, 0.3) is 0 Å². The molecular formula is C16H14Cl2N6. The number of anilines is 5. The molecule has 0 radical (unpaired) electrons. The normalized spacial score (nSPS) is 10.5. The highest BCUT2D eigenvalue weighted by Gasteiger charge is 2.11. The van der Waals surface area contributed by atoms with Crippen molar-refractivity contribution in [3.63, 3.8) is 0 Å². The van der Waals surface area contributed by atoms with Gasteiger partial charge in [-0.1, -0.05) is 29.3 Å². The number of nitrogen functional groups attached to an aromatic ring is 1. The zero-order valence-electron chi connectivity index (χ0n) is 12.7. The Morgan fingerprint density at radius 1 is 1.00 bits per heavy atom. The average Bonchev–Trinajstić information content (AvgIpc) is 2.57. The maximum atomic E-state index is 6.15. The van der Waals surface area contributed by atoms with Gasteiger partial charge >= 0.3 is 0 Å². The molecular weight excluding hydrogens is 347 g/mol. The smallest absolute Gasteiger partial charge is 0.159 e. The minimum absolute atomic E-state index is 0.329. The molecule has 0 aliphatic carbocycles. The van der Waals surface area contributed by atoms with Crippen LogP contribution in [0, 0.1) is 6.92 Å². The lowest BCUT2D eigenvalue weighted by Crippen LogP contribution is -2.05. The molecule has 6 nitrogen and oxygen atoms in total. The van der Waals surface area contributed by atoms with Crippen molar-refractivity contribution in [2.75, 3.05) is 16.4 Å². The summed E-state index contributed by atoms with van der Waals surface area (Å²) in [6.45, 7) is 1.94. The SMILES string of the molecule is Cc1ccc(Nc2ncnc(Nc3cccnc3Cl)c2N)cc1Cl. The summed E-state index contributed by atoms with van der Waals surface area (Å²) in [5.41, 5.74) is 8.88. The molecule has 0 aliphatic heterocycles. The van der Waals surface area contributed by atoms with Crippen molar-refractivity contribution in [1.29, 1.82) is 0 Å². The fraction of sp³-hybridized carbons (Fsp3) is 0.0625. The van der Waals surface area contributed by atoms with Crippen LogP contribution in [0.1, 0.15) is 5.56 Å². The topological polar surface area (TPSA) is 88.8 Å². The molecule has 4 N–H and O–H groups in total. The molecule has 2 heterocycles. The van der Waals surface area contributed by atoms with E-state index in [-0.39, 0.29) is 0 Å². The van der Waals surface area contributed by atoms with Crippen molar-refractivity contribution in [2.45, 2.75) is 6.92 Å². The van der Waals surface area contributed by atoms with Crippen LogP contribution < -0.4 is 16.4 Å². The average molecular weight is 361 g/mol. The van der Waals surface area contributed by atoms with Crippen molar-refractivity contribution in [3.8, 4) is 0 Å². The number of nitrogens with two attached hydrogens (primary N) is 1. The first-order chi connectivity index (χ1) is 11.5. The zero-order valence-corrected chi connectivity index (χ0v) is 14.2. The van der Waals surface area contributed by atoms with E-state index in [1.54, 1.807) is 18.3 Å². The van der Waals surface area contributed by atoms with Gasteiger partial charge in [0.1, 0.15) is 12.0 Å². The first-order valence-corrected chi connectivity index (χ1v) is 7.81.